The number of carbonyl (C=O) groups is 2. The Kier molecular flexibility index (Phi) is 5.59. The number of esters is 1. The molecular formula is C9H14O4. The lowest BCUT2D eigenvalue weighted by atomic mass is 10.4. The molecule has 0 aromatic rings. The second kappa shape index (κ2) is 6.22. The SMILES string of the molecule is C=C(C)C(=O)OC(=O)OCCCC. The lowest BCUT2D eigenvalue weighted by Crippen LogP contribution is -2.14. The quantitative estimate of drug-likeness (QED) is 0.292. The Hall–Kier alpha value is -1.32. The molecule has 74 valence electrons. The van der Waals surface area contributed by atoms with Crippen LogP contribution in [0, 0.1) is 0 Å². The van der Waals surface area contributed by atoms with Gasteiger partial charge in [0.15, 0.2) is 0 Å². The molecule has 0 saturated carbocycles. The molecule has 0 fully saturated rings. The van der Waals surface area contributed by atoms with Crippen LogP contribution in [0.5, 0.6) is 0 Å². The molecule has 0 radical (unpaired) electrons. The first kappa shape index (κ1) is 11.7. The van der Waals surface area contributed by atoms with Crippen molar-refractivity contribution in [3.8, 4) is 0 Å². The van der Waals surface area contributed by atoms with Gasteiger partial charge < -0.3 is 9.47 Å². The van der Waals surface area contributed by atoms with Gasteiger partial charge in [0.05, 0.1) is 6.61 Å². The zero-order valence-corrected chi connectivity index (χ0v) is 7.96. The van der Waals surface area contributed by atoms with E-state index in [4.69, 9.17) is 0 Å². The molecule has 0 spiro atoms. The topological polar surface area (TPSA) is 52.6 Å². The van der Waals surface area contributed by atoms with E-state index in [9.17, 15) is 9.59 Å². The summed E-state index contributed by atoms with van der Waals surface area (Å²) in [5.41, 5.74) is 0.174. The molecule has 0 aromatic heterocycles. The van der Waals surface area contributed by atoms with Crippen molar-refractivity contribution in [2.75, 3.05) is 6.61 Å². The summed E-state index contributed by atoms with van der Waals surface area (Å²) in [4.78, 5) is 21.5. The molecule has 0 aliphatic heterocycles. The van der Waals surface area contributed by atoms with Gasteiger partial charge >= 0.3 is 12.1 Å². The highest BCUT2D eigenvalue weighted by molar-refractivity contribution is 5.93. The summed E-state index contributed by atoms with van der Waals surface area (Å²) in [6, 6.07) is 0. The zero-order chi connectivity index (χ0) is 10.3. The minimum atomic E-state index is -0.957. The normalized spacial score (nSPS) is 9.08. The van der Waals surface area contributed by atoms with Crippen LogP contribution in [-0.2, 0) is 14.3 Å². The van der Waals surface area contributed by atoms with Crippen molar-refractivity contribution in [2.45, 2.75) is 26.7 Å². The molecule has 13 heavy (non-hydrogen) atoms. The van der Waals surface area contributed by atoms with Crippen molar-refractivity contribution < 1.29 is 19.1 Å². The van der Waals surface area contributed by atoms with Crippen LogP contribution in [0.2, 0.25) is 0 Å². The van der Waals surface area contributed by atoms with Crippen molar-refractivity contribution in [2.24, 2.45) is 0 Å². The highest BCUT2D eigenvalue weighted by atomic mass is 16.7. The van der Waals surface area contributed by atoms with Crippen LogP contribution in [0.15, 0.2) is 12.2 Å². The molecule has 0 atom stereocenters. The Morgan fingerprint density at radius 1 is 1.38 bits per heavy atom. The van der Waals surface area contributed by atoms with Gasteiger partial charge in [-0.3, -0.25) is 0 Å². The standard InChI is InChI=1S/C9H14O4/c1-4-5-6-12-9(11)13-8(10)7(2)3/h2,4-6H2,1,3H3. The van der Waals surface area contributed by atoms with E-state index in [1.54, 1.807) is 0 Å². The van der Waals surface area contributed by atoms with Crippen LogP contribution < -0.4 is 0 Å². The average Bonchev–Trinajstić information content (AvgIpc) is 2.04. The summed E-state index contributed by atoms with van der Waals surface area (Å²) < 4.78 is 8.84. The van der Waals surface area contributed by atoms with E-state index in [1.807, 2.05) is 6.92 Å². The van der Waals surface area contributed by atoms with Crippen LogP contribution in [0.1, 0.15) is 26.7 Å². The number of ether oxygens (including phenoxy) is 2. The van der Waals surface area contributed by atoms with E-state index in [1.165, 1.54) is 6.92 Å². The van der Waals surface area contributed by atoms with Crippen LogP contribution in [0.25, 0.3) is 0 Å². The fourth-order valence-electron chi connectivity index (χ4n) is 0.492. The fraction of sp³-hybridized carbons (Fsp3) is 0.556. The second-order valence-corrected chi connectivity index (χ2v) is 2.62. The molecule has 4 nitrogen and oxygen atoms in total. The summed E-state index contributed by atoms with van der Waals surface area (Å²) >= 11 is 0. The largest absolute Gasteiger partial charge is 0.516 e. The molecule has 0 bridgehead atoms. The summed E-state index contributed by atoms with van der Waals surface area (Å²) in [5, 5.41) is 0. The third-order valence-corrected chi connectivity index (χ3v) is 1.24. The summed E-state index contributed by atoms with van der Waals surface area (Å²) in [5.74, 6) is -0.749. The molecule has 0 saturated heterocycles. The Bertz CT molecular complexity index is 208. The fourth-order valence-corrected chi connectivity index (χ4v) is 0.492. The van der Waals surface area contributed by atoms with Gasteiger partial charge in [0.25, 0.3) is 0 Å². The van der Waals surface area contributed by atoms with Gasteiger partial charge in [0.1, 0.15) is 0 Å². The molecule has 0 aliphatic rings. The Labute approximate surface area is 77.5 Å². The molecule has 0 aromatic carbocycles. The van der Waals surface area contributed by atoms with E-state index in [-0.39, 0.29) is 12.2 Å². The Balaban J connectivity index is 3.62. The van der Waals surface area contributed by atoms with Crippen LogP contribution in [0.3, 0.4) is 0 Å². The van der Waals surface area contributed by atoms with Crippen molar-refractivity contribution in [1.82, 2.24) is 0 Å². The number of hydrogen-bond acceptors (Lipinski definition) is 4. The molecule has 0 rings (SSSR count). The van der Waals surface area contributed by atoms with Crippen LogP contribution >= 0.6 is 0 Å². The lowest BCUT2D eigenvalue weighted by Gasteiger charge is -2.02. The maximum atomic E-state index is 10.8. The van der Waals surface area contributed by atoms with Crippen molar-refractivity contribution in [1.29, 1.82) is 0 Å². The van der Waals surface area contributed by atoms with Crippen molar-refractivity contribution in [3.63, 3.8) is 0 Å². The molecule has 0 unspecified atom stereocenters. The van der Waals surface area contributed by atoms with Gasteiger partial charge in [-0.2, -0.15) is 0 Å². The molecule has 0 aliphatic carbocycles. The molecule has 0 amide bonds. The summed E-state index contributed by atoms with van der Waals surface area (Å²) in [6.45, 7) is 7.02. The molecule has 0 N–H and O–H groups in total. The minimum Gasteiger partial charge on any atom is -0.434 e. The van der Waals surface area contributed by atoms with Gasteiger partial charge in [0.2, 0.25) is 0 Å². The third kappa shape index (κ3) is 5.90. The first-order valence-electron chi connectivity index (χ1n) is 4.12. The highest BCUT2D eigenvalue weighted by Crippen LogP contribution is 1.96. The van der Waals surface area contributed by atoms with E-state index in [0.29, 0.717) is 0 Å². The summed E-state index contributed by atoms with van der Waals surface area (Å²) in [6.07, 6.45) is 0.722. The predicted octanol–water partition coefficient (Wildman–Crippen LogP) is 2.04. The van der Waals surface area contributed by atoms with Gasteiger partial charge in [-0.1, -0.05) is 19.9 Å². The number of hydrogen-bond donors (Lipinski definition) is 0. The zero-order valence-electron chi connectivity index (χ0n) is 7.96. The van der Waals surface area contributed by atoms with Gasteiger partial charge in [-0.15, -0.1) is 0 Å². The van der Waals surface area contributed by atoms with E-state index >= 15 is 0 Å². The Morgan fingerprint density at radius 2 is 2.00 bits per heavy atom. The van der Waals surface area contributed by atoms with Crippen molar-refractivity contribution in [3.05, 3.63) is 12.2 Å². The first-order valence-corrected chi connectivity index (χ1v) is 4.12. The first-order chi connectivity index (χ1) is 6.07. The van der Waals surface area contributed by atoms with E-state index in [2.05, 4.69) is 16.1 Å². The molecule has 0 heterocycles. The smallest absolute Gasteiger partial charge is 0.434 e. The predicted molar refractivity (Wildman–Crippen MR) is 47.2 cm³/mol. The van der Waals surface area contributed by atoms with Gasteiger partial charge in [-0.25, -0.2) is 9.59 Å². The maximum absolute atomic E-state index is 10.8. The second-order valence-electron chi connectivity index (χ2n) is 2.62. The number of carbonyl (C=O) groups excluding carboxylic acids is 2. The molecule has 4 heteroatoms. The third-order valence-electron chi connectivity index (χ3n) is 1.24. The number of rotatable bonds is 4. The Morgan fingerprint density at radius 3 is 2.46 bits per heavy atom. The van der Waals surface area contributed by atoms with E-state index < -0.39 is 12.1 Å². The van der Waals surface area contributed by atoms with Gasteiger partial charge in [0, 0.05) is 5.57 Å². The maximum Gasteiger partial charge on any atom is 0.516 e. The van der Waals surface area contributed by atoms with Crippen LogP contribution in [-0.4, -0.2) is 18.7 Å². The highest BCUT2D eigenvalue weighted by Gasteiger charge is 2.11. The lowest BCUT2D eigenvalue weighted by molar-refractivity contribution is -0.135. The minimum absolute atomic E-state index is 0.174. The average molecular weight is 186 g/mol. The van der Waals surface area contributed by atoms with Crippen molar-refractivity contribution >= 4 is 12.1 Å². The van der Waals surface area contributed by atoms with Crippen LogP contribution in [0.4, 0.5) is 4.79 Å². The van der Waals surface area contributed by atoms with E-state index in [0.717, 1.165) is 12.8 Å². The summed E-state index contributed by atoms with van der Waals surface area (Å²) in [7, 11) is 0. The number of unbranched alkanes of at least 4 members (excludes halogenated alkanes) is 1. The van der Waals surface area contributed by atoms with Gasteiger partial charge in [-0.05, 0) is 13.3 Å². The monoisotopic (exact) mass is 186 g/mol. The molecular weight excluding hydrogens is 172 g/mol.